The number of nitrogens with one attached hydrogen (secondary N) is 1. The number of esters is 1. The lowest BCUT2D eigenvalue weighted by Gasteiger charge is -2.22. The number of benzene rings is 1. The number of halogens is 1. The minimum Gasteiger partial charge on any atom is -0.468 e. The molecule has 0 saturated heterocycles. The molecule has 13 heteroatoms. The Hall–Kier alpha value is -2.25. The van der Waals surface area contributed by atoms with Crippen molar-refractivity contribution in [1.82, 2.24) is 10.2 Å². The van der Waals surface area contributed by atoms with Gasteiger partial charge < -0.3 is 10.1 Å². The van der Waals surface area contributed by atoms with Crippen LogP contribution in [0.5, 0.6) is 0 Å². The van der Waals surface area contributed by atoms with Crippen LogP contribution >= 0.6 is 23.1 Å². The lowest BCUT2D eigenvalue weighted by molar-refractivity contribution is -0.137. The van der Waals surface area contributed by atoms with E-state index in [1.807, 2.05) is 0 Å². The number of anilines is 2. The Bertz CT molecular complexity index is 950. The number of hydrogen-bond acceptors (Lipinski definition) is 9. The van der Waals surface area contributed by atoms with E-state index in [9.17, 15) is 22.4 Å². The van der Waals surface area contributed by atoms with E-state index in [1.54, 1.807) is 0 Å². The monoisotopic (exact) mass is 462 g/mol. The summed E-state index contributed by atoms with van der Waals surface area (Å²) in [5.74, 6) is -1.13. The highest BCUT2D eigenvalue weighted by molar-refractivity contribution is 8.01. The zero-order valence-electron chi connectivity index (χ0n) is 15.6. The molecule has 0 spiro atoms. The molecule has 0 aliphatic carbocycles. The Morgan fingerprint density at radius 3 is 2.59 bits per heavy atom. The fourth-order valence-electron chi connectivity index (χ4n) is 2.16. The number of methoxy groups -OCH3 is 1. The number of amides is 1. The third kappa shape index (κ3) is 7.59. The van der Waals surface area contributed by atoms with Gasteiger partial charge in [-0.1, -0.05) is 23.1 Å². The van der Waals surface area contributed by atoms with Crippen molar-refractivity contribution in [3.63, 3.8) is 0 Å². The number of carbonyl (C=O) groups is 2. The van der Waals surface area contributed by atoms with Crippen molar-refractivity contribution >= 4 is 55.8 Å². The van der Waals surface area contributed by atoms with Gasteiger partial charge in [0, 0.05) is 13.0 Å². The van der Waals surface area contributed by atoms with E-state index in [0.29, 0.717) is 10.0 Å². The van der Waals surface area contributed by atoms with Crippen LogP contribution in [0.3, 0.4) is 0 Å². The van der Waals surface area contributed by atoms with E-state index in [4.69, 9.17) is 0 Å². The highest BCUT2D eigenvalue weighted by Gasteiger charge is 2.18. The summed E-state index contributed by atoms with van der Waals surface area (Å²) in [6.07, 6.45) is 1.35. The first-order chi connectivity index (χ1) is 13.7. The molecule has 1 aromatic heterocycles. The van der Waals surface area contributed by atoms with Gasteiger partial charge in [0.25, 0.3) is 0 Å². The van der Waals surface area contributed by atoms with E-state index in [1.165, 1.54) is 31.4 Å². The zero-order valence-corrected chi connectivity index (χ0v) is 18.1. The smallest absolute Gasteiger partial charge is 0.316 e. The van der Waals surface area contributed by atoms with E-state index >= 15 is 0 Å². The highest BCUT2D eigenvalue weighted by atomic mass is 32.2. The van der Waals surface area contributed by atoms with Crippen molar-refractivity contribution in [1.29, 1.82) is 0 Å². The maximum Gasteiger partial charge on any atom is 0.316 e. The number of thioether (sulfide) groups is 1. The normalized spacial score (nSPS) is 11.1. The van der Waals surface area contributed by atoms with Gasteiger partial charge in [-0.05, 0) is 30.7 Å². The second-order valence-electron chi connectivity index (χ2n) is 5.70. The Morgan fingerprint density at radius 1 is 1.28 bits per heavy atom. The second-order valence-corrected chi connectivity index (χ2v) is 9.81. The van der Waals surface area contributed by atoms with Crippen molar-refractivity contribution in [3.05, 3.63) is 30.1 Å². The summed E-state index contributed by atoms with van der Waals surface area (Å²) in [5.41, 5.74) is 0.325. The van der Waals surface area contributed by atoms with Gasteiger partial charge >= 0.3 is 5.97 Å². The summed E-state index contributed by atoms with van der Waals surface area (Å²) in [4.78, 5) is 23.2. The first-order valence-electron chi connectivity index (χ1n) is 8.25. The predicted octanol–water partition coefficient (Wildman–Crippen LogP) is 2.13. The maximum atomic E-state index is 13.1. The number of rotatable bonds is 10. The summed E-state index contributed by atoms with van der Waals surface area (Å²) in [7, 11) is -2.29. The van der Waals surface area contributed by atoms with Crippen LogP contribution in [-0.2, 0) is 24.3 Å². The molecule has 0 saturated carbocycles. The number of hydrogen-bond donors (Lipinski definition) is 1. The van der Waals surface area contributed by atoms with Crippen LogP contribution in [0.1, 0.15) is 12.8 Å². The second kappa shape index (κ2) is 10.5. The first-order valence-corrected chi connectivity index (χ1v) is 11.9. The average molecular weight is 463 g/mol. The third-order valence-electron chi connectivity index (χ3n) is 3.47. The van der Waals surface area contributed by atoms with Crippen molar-refractivity contribution in [2.45, 2.75) is 17.2 Å². The Balaban J connectivity index is 1.85. The van der Waals surface area contributed by atoms with Crippen LogP contribution in [0.25, 0.3) is 0 Å². The standard InChI is InChI=1S/C16H19FN4O5S3/c1-26-14(23)10-27-16-20-19-15(28-16)18-13(22)4-3-9-21(29(2,24)25)12-7-5-11(17)6-8-12/h5-8H,3-4,9-10H2,1-2H3,(H,18,19,22). The highest BCUT2D eigenvalue weighted by Crippen LogP contribution is 2.25. The molecule has 1 aromatic carbocycles. The number of carbonyl (C=O) groups excluding carboxylic acids is 2. The minimum atomic E-state index is -3.58. The first kappa shape index (κ1) is 23.0. The molecule has 1 amide bonds. The molecule has 0 aliphatic rings. The number of ether oxygens (including phenoxy) is 1. The lowest BCUT2D eigenvalue weighted by atomic mass is 10.2. The van der Waals surface area contributed by atoms with Crippen molar-refractivity contribution in [3.8, 4) is 0 Å². The molecule has 158 valence electrons. The van der Waals surface area contributed by atoms with E-state index in [2.05, 4.69) is 20.3 Å². The molecule has 1 heterocycles. The molecule has 1 N–H and O–H groups in total. The van der Waals surface area contributed by atoms with Gasteiger partial charge in [0.15, 0.2) is 4.34 Å². The van der Waals surface area contributed by atoms with Crippen LogP contribution in [0.2, 0.25) is 0 Å². The minimum absolute atomic E-state index is 0.0530. The molecule has 2 aromatic rings. The largest absolute Gasteiger partial charge is 0.468 e. The molecule has 0 fully saturated rings. The molecule has 0 aliphatic heterocycles. The van der Waals surface area contributed by atoms with Crippen LogP contribution in [-0.4, -0.2) is 56.2 Å². The van der Waals surface area contributed by atoms with E-state index in [0.717, 1.165) is 33.7 Å². The Kier molecular flexibility index (Phi) is 8.34. The summed E-state index contributed by atoms with van der Waals surface area (Å²) >= 11 is 2.26. The van der Waals surface area contributed by atoms with Gasteiger partial charge in [-0.25, -0.2) is 12.8 Å². The van der Waals surface area contributed by atoms with Gasteiger partial charge in [0.05, 0.1) is 24.8 Å². The van der Waals surface area contributed by atoms with Crippen molar-refractivity contribution < 1.29 is 27.1 Å². The summed E-state index contributed by atoms with van der Waals surface area (Å²) < 4.78 is 43.2. The van der Waals surface area contributed by atoms with Gasteiger partial charge in [0.1, 0.15) is 5.82 Å². The van der Waals surface area contributed by atoms with E-state index < -0.39 is 21.8 Å². The zero-order chi connectivity index (χ0) is 21.4. The van der Waals surface area contributed by atoms with Crippen LogP contribution in [0.15, 0.2) is 28.6 Å². The topological polar surface area (TPSA) is 119 Å². The third-order valence-corrected chi connectivity index (χ3v) is 6.61. The average Bonchev–Trinajstić information content (AvgIpc) is 3.10. The molecule has 29 heavy (non-hydrogen) atoms. The quantitative estimate of drug-likeness (QED) is 0.324. The molecule has 0 radical (unpaired) electrons. The summed E-state index contributed by atoms with van der Waals surface area (Å²) in [5, 5.41) is 10.5. The summed E-state index contributed by atoms with van der Waals surface area (Å²) in [6.45, 7) is 0.0637. The van der Waals surface area contributed by atoms with Crippen molar-refractivity contribution in [2.75, 3.05) is 35.3 Å². The van der Waals surface area contributed by atoms with Gasteiger partial charge in [-0.3, -0.25) is 13.9 Å². The van der Waals surface area contributed by atoms with Crippen molar-refractivity contribution in [2.24, 2.45) is 0 Å². The lowest BCUT2D eigenvalue weighted by Crippen LogP contribution is -2.31. The fraction of sp³-hybridized carbons (Fsp3) is 0.375. The molecular formula is C16H19FN4O5S3. The van der Waals surface area contributed by atoms with Crippen LogP contribution < -0.4 is 9.62 Å². The number of nitrogens with zero attached hydrogens (tertiary/aromatic N) is 3. The Labute approximate surface area is 175 Å². The molecule has 0 unspecified atom stereocenters. The SMILES string of the molecule is COC(=O)CSc1nnc(NC(=O)CCCN(c2ccc(F)cc2)S(C)(=O)=O)s1. The molecule has 0 atom stereocenters. The Morgan fingerprint density at radius 2 is 1.97 bits per heavy atom. The van der Waals surface area contributed by atoms with Crippen LogP contribution in [0.4, 0.5) is 15.2 Å². The fourth-order valence-corrected chi connectivity index (χ4v) is 4.72. The van der Waals surface area contributed by atoms with Gasteiger partial charge in [0.2, 0.25) is 21.1 Å². The van der Waals surface area contributed by atoms with Gasteiger partial charge in [-0.2, -0.15) is 0 Å². The molecule has 9 nitrogen and oxygen atoms in total. The van der Waals surface area contributed by atoms with Crippen LogP contribution in [0, 0.1) is 5.82 Å². The van der Waals surface area contributed by atoms with E-state index in [-0.39, 0.29) is 36.2 Å². The molecule has 0 bridgehead atoms. The van der Waals surface area contributed by atoms with Gasteiger partial charge in [-0.15, -0.1) is 10.2 Å². The number of aromatic nitrogens is 2. The number of sulfonamides is 1. The molecule has 2 rings (SSSR count). The maximum absolute atomic E-state index is 13.1. The predicted molar refractivity (Wildman–Crippen MR) is 109 cm³/mol. The summed E-state index contributed by atoms with van der Waals surface area (Å²) in [6, 6.07) is 5.08. The molecular weight excluding hydrogens is 443 g/mol.